The second-order valence-electron chi connectivity index (χ2n) is 13.6. The maximum absolute atomic E-state index is 2.84. The first-order valence-electron chi connectivity index (χ1n) is 14.2. The fourth-order valence-electron chi connectivity index (χ4n) is 4.80. The minimum atomic E-state index is -0.753. The lowest BCUT2D eigenvalue weighted by molar-refractivity contribution is 0.659. The van der Waals surface area contributed by atoms with E-state index in [9.17, 15) is 0 Å². The normalized spacial score (nSPS) is 18.9. The van der Waals surface area contributed by atoms with E-state index in [2.05, 4.69) is 114 Å². The molecule has 0 unspecified atom stereocenters. The molecule has 0 amide bonds. The summed E-state index contributed by atoms with van der Waals surface area (Å²) in [5, 5.41) is 0. The molecule has 0 radical (unpaired) electrons. The van der Waals surface area contributed by atoms with E-state index in [1.165, 1.54) is 69.3 Å². The van der Waals surface area contributed by atoms with E-state index >= 15 is 0 Å². The summed E-state index contributed by atoms with van der Waals surface area (Å²) in [5.74, 6) is 3.00. The van der Waals surface area contributed by atoms with Gasteiger partial charge < -0.3 is 0 Å². The average Bonchev–Trinajstić information content (AvgIpc) is 2.75. The van der Waals surface area contributed by atoms with Gasteiger partial charge in [-0.15, -0.1) is 0 Å². The predicted molar refractivity (Wildman–Crippen MR) is 218 cm³/mol. The number of hydrogen-bond donors (Lipinski definition) is 0. The Balaban J connectivity index is 6.25. The maximum Gasteiger partial charge on any atom is -0.0154 e. The van der Waals surface area contributed by atoms with Crippen LogP contribution in [0.2, 0.25) is 0 Å². The molecular weight excluding hydrogens is 605 g/mol. The van der Waals surface area contributed by atoms with E-state index in [0.717, 1.165) is 0 Å². The third kappa shape index (κ3) is 8.05. The van der Waals surface area contributed by atoms with Gasteiger partial charge in [0, 0.05) is 0 Å². The molecule has 0 atom stereocenters. The predicted octanol–water partition coefficient (Wildman–Crippen LogP) is 12.5. The van der Waals surface area contributed by atoms with E-state index in [-0.39, 0.29) is 0 Å². The van der Waals surface area contributed by atoms with Gasteiger partial charge in [0.25, 0.3) is 0 Å². The van der Waals surface area contributed by atoms with Crippen molar-refractivity contribution in [1.82, 2.24) is 0 Å². The zero-order chi connectivity index (χ0) is 29.8. The van der Waals surface area contributed by atoms with E-state index in [1.54, 1.807) is 0 Å². The Hall–Kier alpha value is 2.80. The molecule has 0 saturated heterocycles. The standard InChI is InChI=1S/C29H76S8/c1-19-21-23-25-27-29-31(5,6)33(9,10)35(13,14)37(17,18)36(15,16)34(11,12)32(7,8)30(3,4)28-26-24-22-20-2/h19-29H2,1-18H3. The molecule has 0 aliphatic rings. The van der Waals surface area contributed by atoms with Gasteiger partial charge in [-0.2, -0.15) is 48.6 Å². The van der Waals surface area contributed by atoms with Crippen molar-refractivity contribution >= 4 is 66.7 Å². The number of rotatable bonds is 18. The van der Waals surface area contributed by atoms with Crippen molar-refractivity contribution in [2.45, 2.75) is 71.6 Å². The van der Waals surface area contributed by atoms with Crippen LogP contribution in [0.25, 0.3) is 0 Å². The highest BCUT2D eigenvalue weighted by Gasteiger charge is 2.54. The smallest absolute Gasteiger partial charge is 0.0154 e. The van der Waals surface area contributed by atoms with Gasteiger partial charge in [-0.1, -0.05) is 58.8 Å². The van der Waals surface area contributed by atoms with Crippen LogP contribution in [0.5, 0.6) is 0 Å². The lowest BCUT2D eigenvalue weighted by Gasteiger charge is -2.80. The van der Waals surface area contributed by atoms with Crippen LogP contribution in [0.1, 0.15) is 71.6 Å². The molecule has 0 fully saturated rings. The molecule has 240 valence electrons. The largest absolute Gasteiger partial charge is 0.208 e. The quantitative estimate of drug-likeness (QED) is 0.0998. The highest BCUT2D eigenvalue weighted by Crippen LogP contribution is 3.16. The molecule has 0 bridgehead atoms. The summed E-state index contributed by atoms with van der Waals surface area (Å²) in [6, 6.07) is 0. The van der Waals surface area contributed by atoms with Crippen LogP contribution in [0, 0.1) is 0 Å². The van der Waals surface area contributed by atoms with Gasteiger partial charge in [-0.05, 0) is 124 Å². The molecule has 0 aliphatic carbocycles. The Morgan fingerprint density at radius 1 is 0.270 bits per heavy atom. The van der Waals surface area contributed by atoms with E-state index in [4.69, 9.17) is 0 Å². The highest BCUT2D eigenvalue weighted by molar-refractivity contribution is 9.77. The second kappa shape index (κ2) is 14.5. The molecule has 0 saturated carbocycles. The Kier molecular flexibility index (Phi) is 15.6. The summed E-state index contributed by atoms with van der Waals surface area (Å²) in [4.78, 5) is 0. The third-order valence-electron chi connectivity index (χ3n) is 10.2. The maximum atomic E-state index is 2.84. The van der Waals surface area contributed by atoms with Crippen molar-refractivity contribution < 1.29 is 0 Å². The molecule has 0 heterocycles. The van der Waals surface area contributed by atoms with Gasteiger partial charge in [0.15, 0.2) is 0 Å². The Labute approximate surface area is 247 Å². The van der Waals surface area contributed by atoms with Gasteiger partial charge in [-0.3, -0.25) is 0 Å². The zero-order valence-corrected chi connectivity index (χ0v) is 35.6. The second-order valence-corrected chi connectivity index (χ2v) is 73.1. The van der Waals surface area contributed by atoms with Gasteiger partial charge in [0.1, 0.15) is 0 Å². The molecule has 0 aromatic heterocycles. The van der Waals surface area contributed by atoms with Gasteiger partial charge in [-0.25, -0.2) is 18.1 Å². The minimum absolute atomic E-state index is 0.595. The molecule has 0 rings (SSSR count). The Morgan fingerprint density at radius 3 is 0.757 bits per heavy atom. The Bertz CT molecular complexity index is 690. The van der Waals surface area contributed by atoms with Crippen molar-refractivity contribution in [3.63, 3.8) is 0 Å². The zero-order valence-electron chi connectivity index (χ0n) is 29.0. The van der Waals surface area contributed by atoms with Crippen LogP contribution in [-0.2, 0) is 0 Å². The van der Waals surface area contributed by atoms with Gasteiger partial charge >= 0.3 is 0 Å². The van der Waals surface area contributed by atoms with Gasteiger partial charge in [0.2, 0.25) is 0 Å². The average molecular weight is 681 g/mol. The molecule has 37 heavy (non-hydrogen) atoms. The molecule has 0 nitrogen and oxygen atoms in total. The van der Waals surface area contributed by atoms with Crippen LogP contribution in [-0.4, -0.2) is 112 Å². The molecule has 0 aromatic rings. The first-order chi connectivity index (χ1) is 16.4. The third-order valence-corrected chi connectivity index (χ3v) is 111. The van der Waals surface area contributed by atoms with Crippen molar-refractivity contribution in [3.05, 3.63) is 0 Å². The van der Waals surface area contributed by atoms with Gasteiger partial charge in [0.05, 0.1) is 0 Å². The first kappa shape index (κ1) is 39.8. The summed E-state index contributed by atoms with van der Waals surface area (Å²) in [7, 11) is -5.51. The van der Waals surface area contributed by atoms with Crippen LogP contribution < -0.4 is 0 Å². The van der Waals surface area contributed by atoms with Crippen molar-refractivity contribution in [3.8, 4) is 0 Å². The highest BCUT2D eigenvalue weighted by atomic mass is 34.0. The van der Waals surface area contributed by atoms with Crippen molar-refractivity contribution in [2.75, 3.05) is 112 Å². The van der Waals surface area contributed by atoms with E-state index in [1.807, 2.05) is 0 Å². The number of hydrogen-bond acceptors (Lipinski definition) is 0. The molecule has 0 N–H and O–H groups in total. The van der Waals surface area contributed by atoms with E-state index in [0.29, 0.717) is 0 Å². The summed E-state index contributed by atoms with van der Waals surface area (Å²) in [5.41, 5.74) is 0. The fourth-order valence-corrected chi connectivity index (χ4v) is 118. The molecule has 8 heteroatoms. The fraction of sp³-hybridized carbons (Fsp3) is 1.00. The summed E-state index contributed by atoms with van der Waals surface area (Å²) < 4.78 is 0. The lowest BCUT2D eigenvalue weighted by Crippen LogP contribution is -2.26. The number of unbranched alkanes of at least 4 members (excludes halogenated alkanes) is 7. The monoisotopic (exact) mass is 680 g/mol. The first-order valence-corrected chi connectivity index (χ1v) is 37.7. The molecule has 0 spiro atoms. The molecular formula is C29H76S8. The van der Waals surface area contributed by atoms with Crippen LogP contribution in [0.4, 0.5) is 0 Å². The molecule has 0 aliphatic heterocycles. The van der Waals surface area contributed by atoms with Crippen molar-refractivity contribution in [2.24, 2.45) is 0 Å². The summed E-state index contributed by atoms with van der Waals surface area (Å²) >= 11 is 0. The van der Waals surface area contributed by atoms with E-state index < -0.39 is 66.7 Å². The SMILES string of the molecule is CCCCCCCS(C)(C)S(C)(C)S(C)(C)S(C)(C)S(C)(C)S(C)(C)S(C)(C)S(C)(C)CCCCCC. The van der Waals surface area contributed by atoms with Crippen LogP contribution in [0.15, 0.2) is 0 Å². The summed E-state index contributed by atoms with van der Waals surface area (Å²) in [6.07, 6.45) is 57.7. The van der Waals surface area contributed by atoms with Crippen LogP contribution in [0.3, 0.4) is 0 Å². The lowest BCUT2D eigenvalue weighted by atomic mass is 10.2. The molecule has 0 aromatic carbocycles. The van der Waals surface area contributed by atoms with Crippen LogP contribution >= 0.6 is 66.7 Å². The minimum Gasteiger partial charge on any atom is -0.208 e. The summed E-state index contributed by atoms with van der Waals surface area (Å²) in [6.45, 7) is 4.69. The Morgan fingerprint density at radius 2 is 0.486 bits per heavy atom. The topological polar surface area (TPSA) is 0 Å². The van der Waals surface area contributed by atoms with Crippen molar-refractivity contribution in [1.29, 1.82) is 0 Å².